The average Bonchev–Trinajstić information content (AvgIpc) is 3.09. The van der Waals surface area contributed by atoms with Crippen LogP contribution in [0.3, 0.4) is 0 Å². The molecular weight excluding hydrogens is 268 g/mol. The minimum atomic E-state index is -0.0316. The molecule has 0 N–H and O–H groups in total. The first kappa shape index (κ1) is 15.3. The molecule has 0 unspecified atom stereocenters. The van der Waals surface area contributed by atoms with Crippen molar-refractivity contribution < 1.29 is 14.3 Å². The van der Waals surface area contributed by atoms with Crippen LogP contribution in [0.1, 0.15) is 39.0 Å². The summed E-state index contributed by atoms with van der Waals surface area (Å²) in [5.74, 6) is -0.0316. The molecule has 5 nitrogen and oxygen atoms in total. The van der Waals surface area contributed by atoms with Gasteiger partial charge in [-0.3, -0.25) is 9.69 Å². The zero-order valence-corrected chi connectivity index (χ0v) is 13.1. The van der Waals surface area contributed by atoms with Gasteiger partial charge < -0.3 is 14.4 Å². The average molecular weight is 296 g/mol. The fourth-order valence-corrected chi connectivity index (χ4v) is 3.74. The van der Waals surface area contributed by atoms with E-state index in [-0.39, 0.29) is 18.1 Å². The quantitative estimate of drug-likeness (QED) is 0.715. The van der Waals surface area contributed by atoms with E-state index in [0.29, 0.717) is 6.10 Å². The molecular formula is C16H28N2O3. The number of carbonyl (C=O) groups is 1. The van der Waals surface area contributed by atoms with E-state index >= 15 is 0 Å². The predicted octanol–water partition coefficient (Wildman–Crippen LogP) is 1.27. The zero-order chi connectivity index (χ0) is 14.7. The van der Waals surface area contributed by atoms with E-state index in [1.165, 1.54) is 25.9 Å². The van der Waals surface area contributed by atoms with Crippen molar-refractivity contribution in [3.63, 3.8) is 0 Å². The lowest BCUT2D eigenvalue weighted by Crippen LogP contribution is -2.45. The van der Waals surface area contributed by atoms with E-state index < -0.39 is 0 Å². The summed E-state index contributed by atoms with van der Waals surface area (Å²) in [6.07, 6.45) is 6.06. The Morgan fingerprint density at radius 2 is 1.90 bits per heavy atom. The SMILES string of the molecule is C[C@@H]1C[C@@H](N2CCC(OCCN3CCCC3)CC2)C(=O)O1. The van der Waals surface area contributed by atoms with Gasteiger partial charge in [-0.05, 0) is 45.7 Å². The maximum Gasteiger partial charge on any atom is 0.323 e. The van der Waals surface area contributed by atoms with Gasteiger partial charge in [-0.15, -0.1) is 0 Å². The van der Waals surface area contributed by atoms with E-state index in [0.717, 1.165) is 45.5 Å². The third-order valence-electron chi connectivity index (χ3n) is 5.02. The molecule has 0 aromatic carbocycles. The Morgan fingerprint density at radius 1 is 1.19 bits per heavy atom. The molecule has 5 heteroatoms. The fourth-order valence-electron chi connectivity index (χ4n) is 3.74. The Balaban J connectivity index is 1.34. The highest BCUT2D eigenvalue weighted by molar-refractivity contribution is 5.78. The van der Waals surface area contributed by atoms with Gasteiger partial charge in [-0.1, -0.05) is 0 Å². The second-order valence-electron chi connectivity index (χ2n) is 6.65. The van der Waals surface area contributed by atoms with Gasteiger partial charge in [0.1, 0.15) is 12.1 Å². The van der Waals surface area contributed by atoms with Crippen LogP contribution in [0.4, 0.5) is 0 Å². The number of ether oxygens (including phenoxy) is 2. The highest BCUT2D eigenvalue weighted by Gasteiger charge is 2.37. The van der Waals surface area contributed by atoms with Crippen molar-refractivity contribution in [3.8, 4) is 0 Å². The summed E-state index contributed by atoms with van der Waals surface area (Å²) in [6, 6.07) is -0.00875. The smallest absolute Gasteiger partial charge is 0.323 e. The zero-order valence-electron chi connectivity index (χ0n) is 13.1. The first-order valence-electron chi connectivity index (χ1n) is 8.51. The third kappa shape index (κ3) is 3.96. The maximum absolute atomic E-state index is 11.8. The second kappa shape index (κ2) is 7.07. The number of carbonyl (C=O) groups excluding carboxylic acids is 1. The van der Waals surface area contributed by atoms with E-state index in [4.69, 9.17) is 9.47 Å². The lowest BCUT2D eigenvalue weighted by Gasteiger charge is -2.34. The number of nitrogens with zero attached hydrogens (tertiary/aromatic N) is 2. The van der Waals surface area contributed by atoms with Crippen LogP contribution in [0.2, 0.25) is 0 Å². The molecule has 2 atom stereocenters. The summed E-state index contributed by atoms with van der Waals surface area (Å²) in [5.41, 5.74) is 0. The molecule has 0 amide bonds. The van der Waals surface area contributed by atoms with Crippen LogP contribution in [0.25, 0.3) is 0 Å². The number of cyclic esters (lactones) is 1. The molecule has 21 heavy (non-hydrogen) atoms. The Bertz CT molecular complexity index is 349. The summed E-state index contributed by atoms with van der Waals surface area (Å²) in [5, 5.41) is 0. The molecule has 0 radical (unpaired) electrons. The predicted molar refractivity (Wildman–Crippen MR) is 80.2 cm³/mol. The van der Waals surface area contributed by atoms with Crippen molar-refractivity contribution in [2.24, 2.45) is 0 Å². The molecule has 3 fully saturated rings. The van der Waals surface area contributed by atoms with Crippen LogP contribution in [-0.4, -0.2) is 73.3 Å². The molecule has 120 valence electrons. The molecule has 0 aliphatic carbocycles. The van der Waals surface area contributed by atoms with Gasteiger partial charge in [0.15, 0.2) is 0 Å². The van der Waals surface area contributed by atoms with Crippen LogP contribution in [0, 0.1) is 0 Å². The molecule has 3 rings (SSSR count). The van der Waals surface area contributed by atoms with Gasteiger partial charge in [0.05, 0.1) is 12.7 Å². The summed E-state index contributed by atoms with van der Waals surface area (Å²) >= 11 is 0. The van der Waals surface area contributed by atoms with Gasteiger partial charge in [-0.25, -0.2) is 0 Å². The van der Waals surface area contributed by atoms with Gasteiger partial charge in [0.2, 0.25) is 0 Å². The molecule has 0 saturated carbocycles. The lowest BCUT2D eigenvalue weighted by atomic mass is 10.0. The van der Waals surface area contributed by atoms with Crippen LogP contribution >= 0.6 is 0 Å². The summed E-state index contributed by atoms with van der Waals surface area (Å²) in [6.45, 7) is 8.31. The minimum absolute atomic E-state index is 0.00875. The number of likely N-dealkylation sites (tertiary alicyclic amines) is 2. The maximum atomic E-state index is 11.8. The lowest BCUT2D eigenvalue weighted by molar-refractivity contribution is -0.145. The number of hydrogen-bond acceptors (Lipinski definition) is 5. The summed E-state index contributed by atoms with van der Waals surface area (Å²) < 4.78 is 11.3. The van der Waals surface area contributed by atoms with Gasteiger partial charge in [0, 0.05) is 26.1 Å². The number of piperidine rings is 1. The van der Waals surface area contributed by atoms with Crippen molar-refractivity contribution in [3.05, 3.63) is 0 Å². The summed E-state index contributed by atoms with van der Waals surface area (Å²) in [4.78, 5) is 16.6. The first-order chi connectivity index (χ1) is 10.2. The van der Waals surface area contributed by atoms with Gasteiger partial charge >= 0.3 is 5.97 Å². The molecule has 0 bridgehead atoms. The third-order valence-corrected chi connectivity index (χ3v) is 5.02. The van der Waals surface area contributed by atoms with Gasteiger partial charge in [0.25, 0.3) is 0 Å². The molecule has 0 aromatic heterocycles. The van der Waals surface area contributed by atoms with Crippen LogP contribution in [0.5, 0.6) is 0 Å². The molecule has 0 aromatic rings. The van der Waals surface area contributed by atoms with Gasteiger partial charge in [-0.2, -0.15) is 0 Å². The molecule has 3 heterocycles. The van der Waals surface area contributed by atoms with Crippen LogP contribution < -0.4 is 0 Å². The largest absolute Gasteiger partial charge is 0.461 e. The van der Waals surface area contributed by atoms with Crippen molar-refractivity contribution >= 4 is 5.97 Å². The Kier molecular flexibility index (Phi) is 5.14. The van der Waals surface area contributed by atoms with Crippen molar-refractivity contribution in [1.29, 1.82) is 0 Å². The van der Waals surface area contributed by atoms with Crippen LogP contribution in [0.15, 0.2) is 0 Å². The standard InChI is InChI=1S/C16H28N2O3/c1-13-12-15(16(19)21-13)18-8-4-14(5-9-18)20-11-10-17-6-2-3-7-17/h13-15H,2-12H2,1H3/t13-,15-/m1/s1. The van der Waals surface area contributed by atoms with Crippen molar-refractivity contribution in [2.75, 3.05) is 39.3 Å². The second-order valence-corrected chi connectivity index (χ2v) is 6.65. The van der Waals surface area contributed by atoms with E-state index in [9.17, 15) is 4.79 Å². The normalized spacial score (nSPS) is 32.7. The minimum Gasteiger partial charge on any atom is -0.461 e. The molecule has 3 saturated heterocycles. The molecule has 3 aliphatic rings. The highest BCUT2D eigenvalue weighted by atomic mass is 16.6. The van der Waals surface area contributed by atoms with Crippen molar-refractivity contribution in [1.82, 2.24) is 9.80 Å². The van der Waals surface area contributed by atoms with E-state index in [1.54, 1.807) is 0 Å². The first-order valence-corrected chi connectivity index (χ1v) is 8.51. The number of hydrogen-bond donors (Lipinski definition) is 0. The Labute approximate surface area is 127 Å². The highest BCUT2D eigenvalue weighted by Crippen LogP contribution is 2.24. The fraction of sp³-hybridized carbons (Fsp3) is 0.938. The number of esters is 1. The van der Waals surface area contributed by atoms with Crippen LogP contribution in [-0.2, 0) is 14.3 Å². The number of rotatable bonds is 5. The van der Waals surface area contributed by atoms with E-state index in [2.05, 4.69) is 9.80 Å². The summed E-state index contributed by atoms with van der Waals surface area (Å²) in [7, 11) is 0. The monoisotopic (exact) mass is 296 g/mol. The van der Waals surface area contributed by atoms with E-state index in [1.807, 2.05) is 6.92 Å². The topological polar surface area (TPSA) is 42.0 Å². The molecule has 0 spiro atoms. The Hall–Kier alpha value is -0.650. The molecule has 3 aliphatic heterocycles. The van der Waals surface area contributed by atoms with Crippen molar-refractivity contribution in [2.45, 2.75) is 57.3 Å². The Morgan fingerprint density at radius 3 is 2.52 bits per heavy atom.